The second-order valence-corrected chi connectivity index (χ2v) is 1.30. The van der Waals surface area contributed by atoms with Crippen LogP contribution in [0.15, 0.2) is 11.0 Å². The Hall–Kier alpha value is 0.397. The van der Waals surface area contributed by atoms with Crippen LogP contribution in [0.2, 0.25) is 0 Å². The summed E-state index contributed by atoms with van der Waals surface area (Å²) in [6.45, 7) is 5.05. The molecule has 0 atom stereocenters. The molecule has 0 aromatic rings. The van der Waals surface area contributed by atoms with Crippen molar-refractivity contribution >= 4 is 14.1 Å². The second-order valence-electron chi connectivity index (χ2n) is 1.30. The van der Waals surface area contributed by atoms with E-state index in [1.54, 1.807) is 6.92 Å². The second kappa shape index (κ2) is 5.53. The molecule has 0 aliphatic heterocycles. The topological polar surface area (TPSA) is 17.1 Å². The molecular weight excluding hydrogens is 325 g/mol. The monoisotopic (exact) mass is 330 g/mol. The molecule has 8 heavy (non-hydrogen) atoms. The van der Waals surface area contributed by atoms with Crippen molar-refractivity contribution in [3.05, 3.63) is 18.0 Å². The van der Waals surface area contributed by atoms with Crippen molar-refractivity contribution in [3.8, 4) is 0 Å². The van der Waals surface area contributed by atoms with E-state index in [1.807, 2.05) is 0 Å². The molecule has 0 aliphatic rings. The van der Waals surface area contributed by atoms with Crippen LogP contribution in [0.5, 0.6) is 0 Å². The van der Waals surface area contributed by atoms with E-state index in [1.165, 1.54) is 6.29 Å². The minimum Gasteiger partial charge on any atom is -0.441 e. The minimum atomic E-state index is 0. The van der Waals surface area contributed by atoms with Crippen molar-refractivity contribution in [1.29, 1.82) is 0 Å². The Bertz CT molecular complexity index is 105. The van der Waals surface area contributed by atoms with Crippen molar-refractivity contribution in [2.75, 3.05) is 0 Å². The van der Waals surface area contributed by atoms with Crippen LogP contribution in [-0.4, -0.2) is 14.1 Å². The largest absolute Gasteiger partial charge is 2.00 e. The third-order valence-electron chi connectivity index (χ3n) is 0.570. The molecular formula is C5H5BOU. The zero-order valence-electron chi connectivity index (χ0n) is 4.69. The fraction of sp³-hybridized carbons (Fsp3) is 0.200. The van der Waals surface area contributed by atoms with Gasteiger partial charge in [-0.2, -0.15) is 0 Å². The summed E-state index contributed by atoms with van der Waals surface area (Å²) in [5, 5.41) is 0. The van der Waals surface area contributed by atoms with Gasteiger partial charge in [0.1, 0.15) is 0 Å². The Morgan fingerprint density at radius 3 is 2.12 bits per heavy atom. The van der Waals surface area contributed by atoms with Crippen molar-refractivity contribution in [1.82, 2.24) is 0 Å². The van der Waals surface area contributed by atoms with Crippen molar-refractivity contribution in [2.24, 2.45) is 0 Å². The van der Waals surface area contributed by atoms with E-state index in [9.17, 15) is 4.79 Å². The van der Waals surface area contributed by atoms with Gasteiger partial charge in [0.15, 0.2) is 0 Å². The van der Waals surface area contributed by atoms with Crippen LogP contribution in [0.4, 0.5) is 0 Å². The molecule has 3 heteroatoms. The SMILES string of the molecule is [B]C([C-]=O)=C([CH2-])C.[U+2]. The Kier molecular flexibility index (Phi) is 7.76. The predicted octanol–water partition coefficient (Wildman–Crippen LogP) is 0.373. The molecule has 0 aromatic carbocycles. The molecule has 0 saturated heterocycles. The van der Waals surface area contributed by atoms with Crippen LogP contribution in [0.1, 0.15) is 6.92 Å². The van der Waals surface area contributed by atoms with Gasteiger partial charge in [-0.25, -0.2) is 0 Å². The third-order valence-corrected chi connectivity index (χ3v) is 0.570. The van der Waals surface area contributed by atoms with E-state index in [4.69, 9.17) is 7.85 Å². The minimum absolute atomic E-state index is 0. The Morgan fingerprint density at radius 1 is 1.75 bits per heavy atom. The van der Waals surface area contributed by atoms with Gasteiger partial charge < -0.3 is 22.8 Å². The maximum atomic E-state index is 9.60. The molecule has 0 unspecified atom stereocenters. The van der Waals surface area contributed by atoms with Crippen LogP contribution in [-0.2, 0) is 4.79 Å². The first kappa shape index (κ1) is 11.2. The first-order valence-electron chi connectivity index (χ1n) is 1.85. The van der Waals surface area contributed by atoms with Crippen LogP contribution >= 0.6 is 0 Å². The summed E-state index contributed by atoms with van der Waals surface area (Å²) in [6.07, 6.45) is 1.51. The van der Waals surface area contributed by atoms with E-state index >= 15 is 0 Å². The smallest absolute Gasteiger partial charge is 0.441 e. The van der Waals surface area contributed by atoms with Crippen molar-refractivity contribution < 1.29 is 35.9 Å². The van der Waals surface area contributed by atoms with Gasteiger partial charge in [-0.15, -0.1) is 13.2 Å². The average molecular weight is 330 g/mol. The van der Waals surface area contributed by atoms with Gasteiger partial charge in [-0.3, -0.25) is 0 Å². The Morgan fingerprint density at radius 2 is 2.12 bits per heavy atom. The van der Waals surface area contributed by atoms with Crippen LogP contribution in [0, 0.1) is 38.0 Å². The molecule has 38 valence electrons. The molecule has 1 nitrogen and oxygen atoms in total. The molecule has 0 N–H and O–H groups in total. The van der Waals surface area contributed by atoms with Gasteiger partial charge in [0, 0.05) is 0 Å². The van der Waals surface area contributed by atoms with Gasteiger partial charge in [-0.05, 0) is 0 Å². The van der Waals surface area contributed by atoms with Crippen molar-refractivity contribution in [2.45, 2.75) is 6.92 Å². The van der Waals surface area contributed by atoms with Gasteiger partial charge in [0.2, 0.25) is 0 Å². The maximum Gasteiger partial charge on any atom is 2.00 e. The van der Waals surface area contributed by atoms with E-state index in [0.29, 0.717) is 5.57 Å². The van der Waals surface area contributed by atoms with Gasteiger partial charge in [-0.1, -0.05) is 7.85 Å². The summed E-state index contributed by atoms with van der Waals surface area (Å²) in [5.41, 5.74) is 0.662. The van der Waals surface area contributed by atoms with Crippen molar-refractivity contribution in [3.63, 3.8) is 0 Å². The standard InChI is InChI=1S/C5H5BO.U/c1-4(2)5(6)3-7;/h1H2,2H3;/q-2;+2. The Labute approximate surface area is 74.7 Å². The van der Waals surface area contributed by atoms with E-state index < -0.39 is 0 Å². The summed E-state index contributed by atoms with van der Waals surface area (Å²) in [4.78, 5) is 9.60. The van der Waals surface area contributed by atoms with Crippen LogP contribution in [0.25, 0.3) is 0 Å². The first-order chi connectivity index (χ1) is 3.18. The molecule has 0 heterocycles. The van der Waals surface area contributed by atoms with E-state index in [-0.39, 0.29) is 36.6 Å². The summed E-state index contributed by atoms with van der Waals surface area (Å²) in [7, 11) is 5.01. The molecule has 2 radical (unpaired) electrons. The molecule has 0 bridgehead atoms. The third kappa shape index (κ3) is 4.55. The zero-order chi connectivity index (χ0) is 5.86. The van der Waals surface area contributed by atoms with E-state index in [0.717, 1.165) is 0 Å². The Balaban J connectivity index is 0. The predicted molar refractivity (Wildman–Crippen MR) is 29.5 cm³/mol. The molecule has 0 aromatic heterocycles. The van der Waals surface area contributed by atoms with Crippen LogP contribution in [0.3, 0.4) is 0 Å². The molecule has 0 spiro atoms. The normalized spacial score (nSPS) is 11.1. The molecule has 0 aliphatic carbocycles. The fourth-order valence-corrected chi connectivity index (χ4v) is 0.0871. The average Bonchev–Trinajstić information content (AvgIpc) is 1.65. The zero-order valence-corrected chi connectivity index (χ0v) is 8.86. The summed E-state index contributed by atoms with van der Waals surface area (Å²) in [6, 6.07) is 0. The summed E-state index contributed by atoms with van der Waals surface area (Å²) in [5.74, 6) is 0. The maximum absolute atomic E-state index is 9.60. The number of hydrogen-bond acceptors (Lipinski definition) is 1. The fourth-order valence-electron chi connectivity index (χ4n) is 0.0871. The van der Waals surface area contributed by atoms with Gasteiger partial charge in [0.25, 0.3) is 0 Å². The van der Waals surface area contributed by atoms with Gasteiger partial charge >= 0.3 is 31.1 Å². The number of carbonyl (C=O) groups excluding carboxylic acids is 1. The summed E-state index contributed by atoms with van der Waals surface area (Å²) >= 11 is 0. The number of allylic oxidation sites excluding steroid dienone is 2. The summed E-state index contributed by atoms with van der Waals surface area (Å²) < 4.78 is 0. The quantitative estimate of drug-likeness (QED) is 0.386. The molecule has 0 amide bonds. The van der Waals surface area contributed by atoms with Crippen LogP contribution < -0.4 is 0 Å². The van der Waals surface area contributed by atoms with Gasteiger partial charge in [0.05, 0.1) is 0 Å². The van der Waals surface area contributed by atoms with E-state index in [2.05, 4.69) is 6.92 Å². The first-order valence-corrected chi connectivity index (χ1v) is 1.85. The number of rotatable bonds is 1. The molecule has 0 saturated carbocycles. The number of hydrogen-bond donors (Lipinski definition) is 0. The molecule has 0 rings (SSSR count). The molecule has 0 fully saturated rings.